The minimum atomic E-state index is -0.322. The number of urea groups is 1. The Labute approximate surface area is 163 Å². The minimum Gasteiger partial charge on any atom is -0.484 e. The normalized spacial score (nSPS) is 12.5. The highest BCUT2D eigenvalue weighted by Crippen LogP contribution is 2.18. The Bertz CT molecular complexity index is 870. The molecule has 7 heteroatoms. The van der Waals surface area contributed by atoms with Crippen molar-refractivity contribution in [1.82, 2.24) is 10.6 Å². The first-order chi connectivity index (χ1) is 13.6. The predicted molar refractivity (Wildman–Crippen MR) is 105 cm³/mol. The van der Waals surface area contributed by atoms with Gasteiger partial charge in [0.05, 0.1) is 11.6 Å². The van der Waals surface area contributed by atoms with Crippen LogP contribution in [0.1, 0.15) is 24.0 Å². The highest BCUT2D eigenvalue weighted by Gasteiger charge is 2.23. The van der Waals surface area contributed by atoms with Crippen molar-refractivity contribution in [2.45, 2.75) is 25.3 Å². The number of hydrogen-bond acceptors (Lipinski definition) is 4. The zero-order chi connectivity index (χ0) is 19.8. The summed E-state index contributed by atoms with van der Waals surface area (Å²) in [6, 6.07) is 16.2. The van der Waals surface area contributed by atoms with Crippen LogP contribution in [0.25, 0.3) is 0 Å². The zero-order valence-corrected chi connectivity index (χ0v) is 15.4. The van der Waals surface area contributed by atoms with Crippen molar-refractivity contribution >= 4 is 17.6 Å². The summed E-state index contributed by atoms with van der Waals surface area (Å²) >= 11 is 0. The average Bonchev–Trinajstić information content (AvgIpc) is 3.51. The maximum atomic E-state index is 11.9. The quantitative estimate of drug-likeness (QED) is 0.657. The lowest BCUT2D eigenvalue weighted by Gasteiger charge is -2.09. The highest BCUT2D eigenvalue weighted by atomic mass is 16.5. The van der Waals surface area contributed by atoms with Crippen LogP contribution in [-0.2, 0) is 11.2 Å². The Kier molecular flexibility index (Phi) is 6.47. The van der Waals surface area contributed by atoms with Gasteiger partial charge < -0.3 is 20.7 Å². The van der Waals surface area contributed by atoms with Crippen LogP contribution in [0, 0.1) is 11.3 Å². The lowest BCUT2D eigenvalue weighted by Crippen LogP contribution is -2.30. The Morgan fingerprint density at radius 2 is 1.93 bits per heavy atom. The van der Waals surface area contributed by atoms with Crippen LogP contribution in [0.4, 0.5) is 10.5 Å². The molecule has 7 nitrogen and oxygen atoms in total. The number of ether oxygens (including phenoxy) is 1. The van der Waals surface area contributed by atoms with Crippen molar-refractivity contribution in [3.63, 3.8) is 0 Å². The van der Waals surface area contributed by atoms with Gasteiger partial charge in [0.1, 0.15) is 5.75 Å². The smallest absolute Gasteiger partial charge is 0.319 e. The van der Waals surface area contributed by atoms with E-state index in [0.29, 0.717) is 36.0 Å². The number of hydrogen-bond donors (Lipinski definition) is 3. The van der Waals surface area contributed by atoms with Crippen molar-refractivity contribution in [2.75, 3.05) is 18.5 Å². The van der Waals surface area contributed by atoms with Gasteiger partial charge in [-0.3, -0.25) is 4.79 Å². The fraction of sp³-hybridized carbons (Fsp3) is 0.286. The Hall–Kier alpha value is -3.53. The van der Waals surface area contributed by atoms with Gasteiger partial charge in [0, 0.05) is 18.3 Å². The molecule has 0 heterocycles. The fourth-order valence-electron chi connectivity index (χ4n) is 2.56. The van der Waals surface area contributed by atoms with Crippen LogP contribution in [0.15, 0.2) is 48.5 Å². The van der Waals surface area contributed by atoms with E-state index in [4.69, 9.17) is 10.00 Å². The van der Waals surface area contributed by atoms with Gasteiger partial charge in [-0.15, -0.1) is 0 Å². The molecule has 0 unspecified atom stereocenters. The van der Waals surface area contributed by atoms with E-state index in [1.165, 1.54) is 0 Å². The first kappa shape index (κ1) is 19.2. The summed E-state index contributed by atoms with van der Waals surface area (Å²) in [7, 11) is 0. The van der Waals surface area contributed by atoms with E-state index in [1.807, 2.05) is 30.3 Å². The number of carbonyl (C=O) groups excluding carboxylic acids is 2. The second kappa shape index (κ2) is 9.42. The number of nitrogens with zero attached hydrogens (tertiary/aromatic N) is 1. The molecule has 1 fully saturated rings. The van der Waals surface area contributed by atoms with Crippen molar-refractivity contribution in [2.24, 2.45) is 0 Å². The highest BCUT2D eigenvalue weighted by molar-refractivity contribution is 5.89. The van der Waals surface area contributed by atoms with Crippen LogP contribution in [-0.4, -0.2) is 31.1 Å². The van der Waals surface area contributed by atoms with E-state index in [1.54, 1.807) is 24.3 Å². The van der Waals surface area contributed by atoms with Crippen LogP contribution in [0.5, 0.6) is 5.75 Å². The van der Waals surface area contributed by atoms with Crippen molar-refractivity contribution in [1.29, 1.82) is 5.26 Å². The third kappa shape index (κ3) is 6.32. The molecule has 28 heavy (non-hydrogen) atoms. The fourth-order valence-corrected chi connectivity index (χ4v) is 2.56. The first-order valence-corrected chi connectivity index (χ1v) is 9.18. The van der Waals surface area contributed by atoms with E-state index in [2.05, 4.69) is 16.0 Å². The number of anilines is 1. The molecule has 0 radical (unpaired) electrons. The van der Waals surface area contributed by atoms with E-state index in [-0.39, 0.29) is 18.5 Å². The second-order valence-electron chi connectivity index (χ2n) is 6.60. The molecule has 0 aliphatic heterocycles. The SMILES string of the molecule is N#Cc1cccc(NC(=O)NCCc2ccc(OCC(=O)NC3CC3)cc2)c1. The number of rotatable bonds is 8. The summed E-state index contributed by atoms with van der Waals surface area (Å²) in [4.78, 5) is 23.5. The third-order valence-electron chi connectivity index (χ3n) is 4.18. The van der Waals surface area contributed by atoms with Gasteiger partial charge in [-0.25, -0.2) is 4.79 Å². The largest absolute Gasteiger partial charge is 0.484 e. The summed E-state index contributed by atoms with van der Waals surface area (Å²) in [5, 5.41) is 17.2. The molecular weight excluding hydrogens is 356 g/mol. The first-order valence-electron chi connectivity index (χ1n) is 9.18. The van der Waals surface area contributed by atoms with E-state index >= 15 is 0 Å². The maximum Gasteiger partial charge on any atom is 0.319 e. The minimum absolute atomic E-state index is 0.0184. The summed E-state index contributed by atoms with van der Waals surface area (Å²) in [6.07, 6.45) is 2.77. The molecule has 1 aliphatic rings. The van der Waals surface area contributed by atoms with Crippen LogP contribution >= 0.6 is 0 Å². The van der Waals surface area contributed by atoms with E-state index in [9.17, 15) is 9.59 Å². The molecule has 1 aliphatic carbocycles. The molecule has 0 atom stereocenters. The molecule has 3 rings (SSSR count). The Morgan fingerprint density at radius 1 is 1.14 bits per heavy atom. The summed E-state index contributed by atoms with van der Waals surface area (Å²) < 4.78 is 5.46. The molecular formula is C21H22N4O3. The number of carbonyl (C=O) groups is 2. The van der Waals surface area contributed by atoms with Crippen molar-refractivity contribution in [3.8, 4) is 11.8 Å². The molecule has 0 saturated heterocycles. The molecule has 144 valence electrons. The number of nitriles is 1. The summed E-state index contributed by atoms with van der Waals surface area (Å²) in [6.45, 7) is 0.484. The molecule has 2 aromatic carbocycles. The van der Waals surface area contributed by atoms with Crippen LogP contribution in [0.2, 0.25) is 0 Å². The zero-order valence-electron chi connectivity index (χ0n) is 15.4. The lowest BCUT2D eigenvalue weighted by molar-refractivity contribution is -0.123. The molecule has 3 N–H and O–H groups in total. The van der Waals surface area contributed by atoms with Crippen LogP contribution in [0.3, 0.4) is 0 Å². The van der Waals surface area contributed by atoms with Gasteiger partial charge >= 0.3 is 6.03 Å². The topological polar surface area (TPSA) is 103 Å². The standard InChI is InChI=1S/C21H22N4O3/c22-13-16-2-1-3-18(12-16)25-21(27)23-11-10-15-4-8-19(9-5-15)28-14-20(26)24-17-6-7-17/h1-5,8-9,12,17H,6-7,10-11,14H2,(H,24,26)(H2,23,25,27). The third-order valence-corrected chi connectivity index (χ3v) is 4.18. The number of nitrogens with one attached hydrogen (secondary N) is 3. The van der Waals surface area contributed by atoms with Gasteiger partial charge in [0.15, 0.2) is 6.61 Å². The van der Waals surface area contributed by atoms with Gasteiger partial charge in [-0.2, -0.15) is 5.26 Å². The molecule has 0 spiro atoms. The number of benzene rings is 2. The molecule has 2 aromatic rings. The van der Waals surface area contributed by atoms with Crippen LogP contribution < -0.4 is 20.7 Å². The summed E-state index contributed by atoms with van der Waals surface area (Å²) in [5.74, 6) is 0.542. The van der Waals surface area contributed by atoms with Crippen molar-refractivity contribution in [3.05, 3.63) is 59.7 Å². The molecule has 0 bridgehead atoms. The average molecular weight is 378 g/mol. The van der Waals surface area contributed by atoms with Gasteiger partial charge in [-0.1, -0.05) is 18.2 Å². The Morgan fingerprint density at radius 3 is 2.64 bits per heavy atom. The second-order valence-corrected chi connectivity index (χ2v) is 6.60. The van der Waals surface area contributed by atoms with E-state index < -0.39 is 0 Å². The van der Waals surface area contributed by atoms with Crippen molar-refractivity contribution < 1.29 is 14.3 Å². The monoisotopic (exact) mass is 378 g/mol. The van der Waals surface area contributed by atoms with E-state index in [0.717, 1.165) is 18.4 Å². The lowest BCUT2D eigenvalue weighted by atomic mass is 10.1. The number of amides is 3. The maximum absolute atomic E-state index is 11.9. The van der Waals surface area contributed by atoms with Gasteiger partial charge in [0.2, 0.25) is 0 Å². The molecule has 0 aromatic heterocycles. The Balaban J connectivity index is 1.36. The predicted octanol–water partition coefficient (Wildman–Crippen LogP) is 2.58. The van der Waals surface area contributed by atoms with Gasteiger partial charge in [0.25, 0.3) is 5.91 Å². The molecule has 3 amide bonds. The van der Waals surface area contributed by atoms with Gasteiger partial charge in [-0.05, 0) is 55.2 Å². The molecule has 1 saturated carbocycles. The summed E-state index contributed by atoms with van der Waals surface area (Å²) in [5.41, 5.74) is 2.11.